The van der Waals surface area contributed by atoms with Crippen LogP contribution in [0.5, 0.6) is 0 Å². The first-order valence-electron chi connectivity index (χ1n) is 5.77. The maximum absolute atomic E-state index is 11.8. The molecule has 0 aromatic carbocycles. The predicted molar refractivity (Wildman–Crippen MR) is 59.6 cm³/mol. The fourth-order valence-electron chi connectivity index (χ4n) is 1.75. The zero-order valence-corrected chi connectivity index (χ0v) is 9.86. The average molecular weight is 214 g/mol. The van der Waals surface area contributed by atoms with Crippen LogP contribution in [0.1, 0.15) is 33.6 Å². The van der Waals surface area contributed by atoms with Crippen molar-refractivity contribution in [2.45, 2.75) is 51.8 Å². The van der Waals surface area contributed by atoms with Gasteiger partial charge in [-0.1, -0.05) is 6.92 Å². The lowest BCUT2D eigenvalue weighted by molar-refractivity contribution is -0.126. The second-order valence-corrected chi connectivity index (χ2v) is 4.43. The Morgan fingerprint density at radius 3 is 2.73 bits per heavy atom. The number of nitrogens with zero attached hydrogens (tertiary/aromatic N) is 1. The Labute approximate surface area is 91.6 Å². The van der Waals surface area contributed by atoms with E-state index in [1.807, 2.05) is 18.7 Å². The van der Waals surface area contributed by atoms with Gasteiger partial charge < -0.3 is 10.4 Å². The van der Waals surface area contributed by atoms with E-state index in [4.69, 9.17) is 0 Å². The van der Waals surface area contributed by atoms with Crippen LogP contribution in [0.15, 0.2) is 0 Å². The number of likely N-dealkylation sites (tertiary alicyclic amines) is 1. The van der Waals surface area contributed by atoms with Crippen LogP contribution < -0.4 is 5.32 Å². The van der Waals surface area contributed by atoms with Gasteiger partial charge in [-0.25, -0.2) is 0 Å². The molecule has 1 rings (SSSR count). The number of hydrogen-bond acceptors (Lipinski definition) is 3. The number of carbonyl (C=O) groups is 1. The molecule has 15 heavy (non-hydrogen) atoms. The Balaban J connectivity index is 2.39. The van der Waals surface area contributed by atoms with E-state index in [2.05, 4.69) is 12.2 Å². The van der Waals surface area contributed by atoms with Gasteiger partial charge in [0, 0.05) is 19.1 Å². The van der Waals surface area contributed by atoms with E-state index in [1.165, 1.54) is 0 Å². The molecule has 1 fully saturated rings. The molecule has 0 bridgehead atoms. The molecule has 0 radical (unpaired) electrons. The van der Waals surface area contributed by atoms with Crippen molar-refractivity contribution >= 4 is 5.91 Å². The lowest BCUT2D eigenvalue weighted by Crippen LogP contribution is -2.46. The summed E-state index contributed by atoms with van der Waals surface area (Å²) in [6.45, 7) is 7.39. The van der Waals surface area contributed by atoms with Crippen LogP contribution >= 0.6 is 0 Å². The second-order valence-electron chi connectivity index (χ2n) is 4.43. The van der Waals surface area contributed by atoms with Crippen LogP contribution in [0.2, 0.25) is 0 Å². The first kappa shape index (κ1) is 12.5. The molecule has 2 N–H and O–H groups in total. The first-order chi connectivity index (χ1) is 7.04. The Kier molecular flexibility index (Phi) is 4.54. The topological polar surface area (TPSA) is 52.6 Å². The molecule has 4 nitrogen and oxygen atoms in total. The monoisotopic (exact) mass is 214 g/mol. The second kappa shape index (κ2) is 5.47. The van der Waals surface area contributed by atoms with Gasteiger partial charge in [0.25, 0.3) is 0 Å². The summed E-state index contributed by atoms with van der Waals surface area (Å²) in [7, 11) is 0. The zero-order chi connectivity index (χ0) is 11.4. The molecule has 4 heteroatoms. The summed E-state index contributed by atoms with van der Waals surface area (Å²) < 4.78 is 0. The van der Waals surface area contributed by atoms with Gasteiger partial charge >= 0.3 is 0 Å². The average Bonchev–Trinajstić information content (AvgIpc) is 2.63. The fourth-order valence-corrected chi connectivity index (χ4v) is 1.75. The number of nitrogens with one attached hydrogen (secondary N) is 1. The standard InChI is InChI=1S/C11H22N2O2/c1-4-8(2)12-11(15)9(3)13-6-5-10(14)7-13/h8-10,14H,4-7H2,1-3H3,(H,12,15). The van der Waals surface area contributed by atoms with Gasteiger partial charge in [-0.3, -0.25) is 9.69 Å². The minimum absolute atomic E-state index is 0.0680. The van der Waals surface area contributed by atoms with Crippen molar-refractivity contribution in [2.24, 2.45) is 0 Å². The van der Waals surface area contributed by atoms with Crippen molar-refractivity contribution in [2.75, 3.05) is 13.1 Å². The zero-order valence-electron chi connectivity index (χ0n) is 9.86. The van der Waals surface area contributed by atoms with Gasteiger partial charge in [0.2, 0.25) is 5.91 Å². The number of aliphatic hydroxyl groups excluding tert-OH is 1. The Hall–Kier alpha value is -0.610. The highest BCUT2D eigenvalue weighted by atomic mass is 16.3. The molecule has 1 amide bonds. The van der Waals surface area contributed by atoms with Crippen LogP contribution in [0.3, 0.4) is 0 Å². The quantitative estimate of drug-likeness (QED) is 0.710. The molecule has 0 aromatic rings. The molecular weight excluding hydrogens is 192 g/mol. The van der Waals surface area contributed by atoms with Crippen LogP contribution in [-0.2, 0) is 4.79 Å². The summed E-state index contributed by atoms with van der Waals surface area (Å²) in [5.74, 6) is 0.0680. The van der Waals surface area contributed by atoms with E-state index in [-0.39, 0.29) is 24.1 Å². The van der Waals surface area contributed by atoms with E-state index in [0.717, 1.165) is 19.4 Å². The van der Waals surface area contributed by atoms with Gasteiger partial charge in [0.15, 0.2) is 0 Å². The van der Waals surface area contributed by atoms with Gasteiger partial charge in [-0.2, -0.15) is 0 Å². The summed E-state index contributed by atoms with van der Waals surface area (Å²) >= 11 is 0. The minimum Gasteiger partial charge on any atom is -0.392 e. The highest BCUT2D eigenvalue weighted by molar-refractivity contribution is 5.81. The molecule has 1 heterocycles. The molecule has 88 valence electrons. The van der Waals surface area contributed by atoms with E-state index in [9.17, 15) is 9.90 Å². The largest absolute Gasteiger partial charge is 0.392 e. The van der Waals surface area contributed by atoms with Gasteiger partial charge in [0.1, 0.15) is 0 Å². The van der Waals surface area contributed by atoms with Crippen LogP contribution in [0, 0.1) is 0 Å². The molecule has 0 aromatic heterocycles. The number of hydrogen-bond donors (Lipinski definition) is 2. The third kappa shape index (κ3) is 3.47. The molecule has 1 aliphatic rings. The number of aliphatic hydroxyl groups is 1. The summed E-state index contributed by atoms with van der Waals surface area (Å²) in [5, 5.41) is 12.3. The summed E-state index contributed by atoms with van der Waals surface area (Å²) in [5.41, 5.74) is 0. The van der Waals surface area contributed by atoms with Crippen LogP contribution in [-0.4, -0.2) is 47.2 Å². The van der Waals surface area contributed by atoms with Crippen molar-refractivity contribution in [1.29, 1.82) is 0 Å². The number of amides is 1. The molecule has 1 aliphatic heterocycles. The van der Waals surface area contributed by atoms with Crippen molar-refractivity contribution < 1.29 is 9.90 Å². The Bertz CT molecular complexity index is 221. The molecule has 0 spiro atoms. The number of carbonyl (C=O) groups excluding carboxylic acids is 1. The summed E-state index contributed by atoms with van der Waals surface area (Å²) in [6, 6.07) is 0.101. The predicted octanol–water partition coefficient (Wildman–Crippen LogP) is 0.356. The molecular formula is C11H22N2O2. The van der Waals surface area contributed by atoms with Gasteiger partial charge in [-0.15, -0.1) is 0 Å². The Morgan fingerprint density at radius 2 is 2.27 bits per heavy atom. The SMILES string of the molecule is CCC(C)NC(=O)C(C)N1CCC(O)C1. The lowest BCUT2D eigenvalue weighted by Gasteiger charge is -2.24. The van der Waals surface area contributed by atoms with Crippen molar-refractivity contribution in [3.63, 3.8) is 0 Å². The number of β-amino-alcohol motifs (C(OH)–C–C–N with tert-alkyl or cyclic N) is 1. The third-order valence-electron chi connectivity index (χ3n) is 3.12. The highest BCUT2D eigenvalue weighted by Gasteiger charge is 2.28. The van der Waals surface area contributed by atoms with E-state index < -0.39 is 0 Å². The van der Waals surface area contributed by atoms with Crippen molar-refractivity contribution in [3.8, 4) is 0 Å². The minimum atomic E-state index is -0.260. The molecule has 0 aliphatic carbocycles. The van der Waals surface area contributed by atoms with E-state index in [0.29, 0.717) is 6.54 Å². The van der Waals surface area contributed by atoms with Crippen molar-refractivity contribution in [1.82, 2.24) is 10.2 Å². The highest BCUT2D eigenvalue weighted by Crippen LogP contribution is 2.12. The van der Waals surface area contributed by atoms with Gasteiger partial charge in [-0.05, 0) is 26.7 Å². The van der Waals surface area contributed by atoms with E-state index >= 15 is 0 Å². The maximum atomic E-state index is 11.8. The first-order valence-corrected chi connectivity index (χ1v) is 5.77. The van der Waals surface area contributed by atoms with Crippen LogP contribution in [0.4, 0.5) is 0 Å². The summed E-state index contributed by atoms with van der Waals surface area (Å²) in [6.07, 6.45) is 1.46. The fraction of sp³-hybridized carbons (Fsp3) is 0.909. The molecule has 0 saturated carbocycles. The van der Waals surface area contributed by atoms with E-state index in [1.54, 1.807) is 0 Å². The lowest BCUT2D eigenvalue weighted by atomic mass is 10.2. The molecule has 3 unspecified atom stereocenters. The Morgan fingerprint density at radius 1 is 1.60 bits per heavy atom. The normalized spacial score (nSPS) is 26.3. The maximum Gasteiger partial charge on any atom is 0.237 e. The van der Waals surface area contributed by atoms with Crippen LogP contribution in [0.25, 0.3) is 0 Å². The molecule has 3 atom stereocenters. The van der Waals surface area contributed by atoms with Gasteiger partial charge in [0.05, 0.1) is 12.1 Å². The smallest absolute Gasteiger partial charge is 0.237 e. The molecule has 1 saturated heterocycles. The summed E-state index contributed by atoms with van der Waals surface area (Å²) in [4.78, 5) is 13.8. The third-order valence-corrected chi connectivity index (χ3v) is 3.12. The number of rotatable bonds is 4. The van der Waals surface area contributed by atoms with Crippen molar-refractivity contribution in [3.05, 3.63) is 0 Å².